The lowest BCUT2D eigenvalue weighted by atomic mass is 10.1. The standard InChI is InChI=1S/C7H6N2O4S/c8-7-9-1-3(5(10)11)4(2-14-7)6(12)13/h1-2H,(H2,8,9)(H,10,11)(H,12,13). The molecule has 1 aliphatic heterocycles. The maximum Gasteiger partial charge on any atom is 0.338 e. The summed E-state index contributed by atoms with van der Waals surface area (Å²) in [6, 6.07) is 0. The summed E-state index contributed by atoms with van der Waals surface area (Å²) in [4.78, 5) is 24.8. The van der Waals surface area contributed by atoms with E-state index in [9.17, 15) is 9.59 Å². The third-order valence-corrected chi connectivity index (χ3v) is 2.07. The molecular formula is C7H6N2O4S. The average Bonchev–Trinajstić information content (AvgIpc) is 2.26. The van der Waals surface area contributed by atoms with Gasteiger partial charge in [-0.05, 0) is 5.41 Å². The van der Waals surface area contributed by atoms with Crippen molar-refractivity contribution < 1.29 is 19.8 Å². The molecule has 0 aromatic rings. The Morgan fingerprint density at radius 1 is 1.29 bits per heavy atom. The number of hydrogen-bond donors (Lipinski definition) is 3. The highest BCUT2D eigenvalue weighted by Crippen LogP contribution is 2.19. The molecule has 0 spiro atoms. The fraction of sp³-hybridized carbons (Fsp3) is 0. The number of carboxylic acid groups (broad SMARTS) is 2. The third-order valence-electron chi connectivity index (χ3n) is 1.37. The minimum atomic E-state index is -1.35. The zero-order valence-electron chi connectivity index (χ0n) is 6.80. The molecule has 0 unspecified atom stereocenters. The van der Waals surface area contributed by atoms with Gasteiger partial charge < -0.3 is 15.9 Å². The van der Waals surface area contributed by atoms with Gasteiger partial charge in [0.1, 0.15) is 0 Å². The first-order chi connectivity index (χ1) is 6.52. The van der Waals surface area contributed by atoms with Crippen molar-refractivity contribution in [2.45, 2.75) is 0 Å². The predicted molar refractivity (Wildman–Crippen MR) is 50.7 cm³/mol. The summed E-state index contributed by atoms with van der Waals surface area (Å²) < 4.78 is 0. The Labute approximate surface area is 82.8 Å². The van der Waals surface area contributed by atoms with Crippen molar-refractivity contribution in [3.8, 4) is 0 Å². The molecule has 0 amide bonds. The SMILES string of the molecule is NC1=NC=C(C(=O)O)C(C(=O)O)=CS1. The molecule has 7 heteroatoms. The summed E-state index contributed by atoms with van der Waals surface area (Å²) in [5.41, 5.74) is 4.59. The summed E-state index contributed by atoms with van der Waals surface area (Å²) in [5.74, 6) is -2.67. The van der Waals surface area contributed by atoms with Gasteiger partial charge in [-0.3, -0.25) is 0 Å². The first-order valence-electron chi connectivity index (χ1n) is 3.39. The van der Waals surface area contributed by atoms with Crippen LogP contribution in [0.25, 0.3) is 0 Å². The van der Waals surface area contributed by atoms with E-state index in [0.29, 0.717) is 0 Å². The van der Waals surface area contributed by atoms with Crippen LogP contribution < -0.4 is 5.73 Å². The van der Waals surface area contributed by atoms with Crippen LogP contribution in [0.3, 0.4) is 0 Å². The first kappa shape index (κ1) is 10.3. The van der Waals surface area contributed by atoms with Gasteiger partial charge in [-0.1, -0.05) is 11.8 Å². The van der Waals surface area contributed by atoms with Gasteiger partial charge in [0, 0.05) is 6.20 Å². The molecule has 0 aliphatic carbocycles. The van der Waals surface area contributed by atoms with Crippen molar-refractivity contribution in [1.29, 1.82) is 0 Å². The number of aliphatic imine (C=N–C) groups is 1. The van der Waals surface area contributed by atoms with Gasteiger partial charge in [0.2, 0.25) is 0 Å². The minimum Gasteiger partial charge on any atom is -0.478 e. The van der Waals surface area contributed by atoms with Crippen molar-refractivity contribution in [2.75, 3.05) is 0 Å². The van der Waals surface area contributed by atoms with Gasteiger partial charge in [-0.25, -0.2) is 14.6 Å². The Morgan fingerprint density at radius 3 is 2.36 bits per heavy atom. The fourth-order valence-electron chi connectivity index (χ4n) is 0.747. The molecule has 4 N–H and O–H groups in total. The molecule has 1 heterocycles. The van der Waals surface area contributed by atoms with Gasteiger partial charge >= 0.3 is 11.9 Å². The molecule has 1 aliphatic rings. The summed E-state index contributed by atoms with van der Waals surface area (Å²) in [7, 11) is 0. The van der Waals surface area contributed by atoms with Crippen LogP contribution in [-0.4, -0.2) is 27.3 Å². The highest BCUT2D eigenvalue weighted by molar-refractivity contribution is 8.16. The molecule has 0 fully saturated rings. The van der Waals surface area contributed by atoms with Crippen LogP contribution in [0.5, 0.6) is 0 Å². The van der Waals surface area contributed by atoms with Crippen LogP contribution in [-0.2, 0) is 9.59 Å². The van der Waals surface area contributed by atoms with Crippen LogP contribution in [0.2, 0.25) is 0 Å². The van der Waals surface area contributed by atoms with E-state index in [1.54, 1.807) is 0 Å². The lowest BCUT2D eigenvalue weighted by molar-refractivity contribution is -0.136. The van der Waals surface area contributed by atoms with E-state index in [4.69, 9.17) is 15.9 Å². The molecule has 0 atom stereocenters. The third kappa shape index (κ3) is 2.13. The average molecular weight is 214 g/mol. The van der Waals surface area contributed by atoms with Gasteiger partial charge in [0.25, 0.3) is 0 Å². The molecule has 14 heavy (non-hydrogen) atoms. The number of aliphatic carboxylic acids is 2. The van der Waals surface area contributed by atoms with Crippen molar-refractivity contribution in [3.63, 3.8) is 0 Å². The quantitative estimate of drug-likeness (QED) is 0.595. The van der Waals surface area contributed by atoms with Gasteiger partial charge in [-0.15, -0.1) is 0 Å². The van der Waals surface area contributed by atoms with E-state index in [2.05, 4.69) is 4.99 Å². The number of carbonyl (C=O) groups is 2. The molecule has 1 rings (SSSR count). The summed E-state index contributed by atoms with van der Waals surface area (Å²) in [6.07, 6.45) is 0.928. The Balaban J connectivity index is 3.17. The molecule has 0 saturated carbocycles. The second kappa shape index (κ2) is 3.97. The molecule has 0 aromatic carbocycles. The van der Waals surface area contributed by atoms with Crippen molar-refractivity contribution >= 4 is 28.9 Å². The zero-order chi connectivity index (χ0) is 10.7. The monoisotopic (exact) mass is 214 g/mol. The van der Waals surface area contributed by atoms with Gasteiger partial charge in [-0.2, -0.15) is 0 Å². The van der Waals surface area contributed by atoms with Crippen LogP contribution in [0, 0.1) is 0 Å². The molecular weight excluding hydrogens is 208 g/mol. The van der Waals surface area contributed by atoms with Crippen LogP contribution in [0.15, 0.2) is 27.7 Å². The molecule has 74 valence electrons. The van der Waals surface area contributed by atoms with Crippen molar-refractivity contribution in [1.82, 2.24) is 0 Å². The van der Waals surface area contributed by atoms with Crippen LogP contribution in [0.1, 0.15) is 0 Å². The minimum absolute atomic E-state index is 0.0972. The maximum absolute atomic E-state index is 10.7. The van der Waals surface area contributed by atoms with E-state index in [-0.39, 0.29) is 16.3 Å². The number of rotatable bonds is 2. The van der Waals surface area contributed by atoms with Crippen LogP contribution >= 0.6 is 11.8 Å². The van der Waals surface area contributed by atoms with E-state index >= 15 is 0 Å². The highest BCUT2D eigenvalue weighted by Gasteiger charge is 2.21. The fourth-order valence-corrected chi connectivity index (χ4v) is 1.33. The molecule has 0 bridgehead atoms. The Kier molecular flexibility index (Phi) is 2.92. The largest absolute Gasteiger partial charge is 0.478 e. The second-order valence-electron chi connectivity index (χ2n) is 2.27. The number of hydrogen-bond acceptors (Lipinski definition) is 5. The number of nitrogens with zero attached hydrogens (tertiary/aromatic N) is 1. The number of amidine groups is 1. The first-order valence-corrected chi connectivity index (χ1v) is 4.27. The van der Waals surface area contributed by atoms with Crippen LogP contribution in [0.4, 0.5) is 0 Å². The van der Waals surface area contributed by atoms with Gasteiger partial charge in [0.15, 0.2) is 5.17 Å². The zero-order valence-corrected chi connectivity index (χ0v) is 7.61. The van der Waals surface area contributed by atoms with E-state index in [1.807, 2.05) is 0 Å². The topological polar surface area (TPSA) is 113 Å². The Bertz CT molecular complexity index is 383. The van der Waals surface area contributed by atoms with Gasteiger partial charge in [0.05, 0.1) is 11.1 Å². The second-order valence-corrected chi connectivity index (χ2v) is 3.16. The number of carboxylic acids is 2. The van der Waals surface area contributed by atoms with E-state index in [1.165, 1.54) is 0 Å². The lowest BCUT2D eigenvalue weighted by Crippen LogP contribution is -2.10. The summed E-state index contributed by atoms with van der Waals surface area (Å²) >= 11 is 0.866. The molecule has 6 nitrogen and oxygen atoms in total. The smallest absolute Gasteiger partial charge is 0.338 e. The number of nitrogens with two attached hydrogens (primary N) is 1. The highest BCUT2D eigenvalue weighted by atomic mass is 32.2. The molecule has 0 radical (unpaired) electrons. The molecule has 0 aromatic heterocycles. The van der Waals surface area contributed by atoms with Crippen molar-refractivity contribution in [2.24, 2.45) is 10.7 Å². The Morgan fingerprint density at radius 2 is 1.86 bits per heavy atom. The maximum atomic E-state index is 10.7. The Hall–Kier alpha value is -1.76. The van der Waals surface area contributed by atoms with E-state index in [0.717, 1.165) is 23.4 Å². The summed E-state index contributed by atoms with van der Waals surface area (Å²) in [6.45, 7) is 0. The normalized spacial score (nSPS) is 16.1. The van der Waals surface area contributed by atoms with E-state index < -0.39 is 11.9 Å². The van der Waals surface area contributed by atoms with Crippen molar-refractivity contribution in [3.05, 3.63) is 22.8 Å². The number of thioether (sulfide) groups is 1. The molecule has 0 saturated heterocycles. The predicted octanol–water partition coefficient (Wildman–Crippen LogP) is -0.0151. The lowest BCUT2D eigenvalue weighted by Gasteiger charge is -1.99. The summed E-state index contributed by atoms with van der Waals surface area (Å²) in [5, 5.41) is 18.6.